The third-order valence-corrected chi connectivity index (χ3v) is 6.04. The van der Waals surface area contributed by atoms with Gasteiger partial charge in [-0.1, -0.05) is 6.92 Å². The molecule has 1 aliphatic rings. The molecule has 1 fully saturated rings. The number of hydrogen-bond donors (Lipinski definition) is 1. The maximum Gasteiger partial charge on any atom is 0.304 e. The Morgan fingerprint density at radius 1 is 1.50 bits per heavy atom. The second kappa shape index (κ2) is 5.37. The molecule has 1 saturated heterocycles. The first-order valence-electron chi connectivity index (χ1n) is 5.17. The molecular weight excluding hydrogens is 250 g/mol. The smallest absolute Gasteiger partial charge is 0.304 e. The monoisotopic (exact) mass is 267 g/mol. The zero-order valence-corrected chi connectivity index (χ0v) is 11.1. The van der Waals surface area contributed by atoms with Crippen LogP contribution in [-0.4, -0.2) is 53.1 Å². The van der Waals surface area contributed by atoms with Crippen LogP contribution >= 0.6 is 11.8 Å². The minimum absolute atomic E-state index is 0.0578. The fraction of sp³-hybridized carbons (Fsp3) is 0.889. The molecule has 0 bridgehead atoms. The maximum absolute atomic E-state index is 11.9. The van der Waals surface area contributed by atoms with Crippen LogP contribution in [0.15, 0.2) is 0 Å². The molecule has 1 heterocycles. The molecule has 7 heteroatoms. The van der Waals surface area contributed by atoms with Crippen molar-refractivity contribution in [1.82, 2.24) is 4.31 Å². The third-order valence-electron chi connectivity index (χ3n) is 2.76. The van der Waals surface area contributed by atoms with Crippen molar-refractivity contribution >= 4 is 27.8 Å². The van der Waals surface area contributed by atoms with Gasteiger partial charge in [-0.05, 0) is 6.92 Å². The minimum Gasteiger partial charge on any atom is -0.481 e. The van der Waals surface area contributed by atoms with E-state index < -0.39 is 16.0 Å². The lowest BCUT2D eigenvalue weighted by molar-refractivity contribution is -0.136. The highest BCUT2D eigenvalue weighted by Gasteiger charge is 2.33. The van der Waals surface area contributed by atoms with E-state index in [0.717, 1.165) is 5.75 Å². The van der Waals surface area contributed by atoms with E-state index in [1.165, 1.54) is 4.31 Å². The number of carbonyl (C=O) groups is 1. The molecule has 1 aliphatic heterocycles. The summed E-state index contributed by atoms with van der Waals surface area (Å²) in [6, 6.07) is -0.0578. The van der Waals surface area contributed by atoms with Gasteiger partial charge in [0.05, 0.1) is 12.2 Å². The number of aliphatic carboxylic acids is 1. The van der Waals surface area contributed by atoms with Gasteiger partial charge in [0.2, 0.25) is 10.0 Å². The predicted molar refractivity (Wildman–Crippen MR) is 64.1 cm³/mol. The van der Waals surface area contributed by atoms with Crippen LogP contribution in [0.5, 0.6) is 0 Å². The van der Waals surface area contributed by atoms with Gasteiger partial charge in [0.25, 0.3) is 0 Å². The van der Waals surface area contributed by atoms with Crippen molar-refractivity contribution in [2.45, 2.75) is 31.6 Å². The molecule has 1 rings (SSSR count). The number of rotatable bonds is 4. The molecule has 0 radical (unpaired) electrons. The van der Waals surface area contributed by atoms with Gasteiger partial charge in [0, 0.05) is 23.6 Å². The Balaban J connectivity index is 2.70. The first-order chi connectivity index (χ1) is 7.34. The topological polar surface area (TPSA) is 74.7 Å². The largest absolute Gasteiger partial charge is 0.481 e. The summed E-state index contributed by atoms with van der Waals surface area (Å²) in [7, 11) is -3.42. The standard InChI is InChI=1S/C9H17NO4S2/c1-7-8(2)15-5-4-10(7)16(13,14)6-3-9(11)12/h7-8H,3-6H2,1-2H3,(H,11,12). The van der Waals surface area contributed by atoms with Crippen LogP contribution in [0.3, 0.4) is 0 Å². The SMILES string of the molecule is CC1SCCN(S(=O)(=O)CCC(=O)O)C1C. The van der Waals surface area contributed by atoms with Gasteiger partial charge in [-0.15, -0.1) is 0 Å². The van der Waals surface area contributed by atoms with Crippen LogP contribution in [-0.2, 0) is 14.8 Å². The first kappa shape index (κ1) is 13.8. The van der Waals surface area contributed by atoms with E-state index in [9.17, 15) is 13.2 Å². The van der Waals surface area contributed by atoms with E-state index in [-0.39, 0.29) is 23.5 Å². The summed E-state index contributed by atoms with van der Waals surface area (Å²) < 4.78 is 25.2. The van der Waals surface area contributed by atoms with Crippen molar-refractivity contribution < 1.29 is 18.3 Å². The van der Waals surface area contributed by atoms with Crippen molar-refractivity contribution in [1.29, 1.82) is 0 Å². The molecule has 94 valence electrons. The summed E-state index contributed by atoms with van der Waals surface area (Å²) in [4.78, 5) is 10.4. The van der Waals surface area contributed by atoms with Crippen molar-refractivity contribution in [3.8, 4) is 0 Å². The van der Waals surface area contributed by atoms with Crippen molar-refractivity contribution in [3.05, 3.63) is 0 Å². The number of carboxylic acids is 1. The average molecular weight is 267 g/mol. The van der Waals surface area contributed by atoms with Crippen molar-refractivity contribution in [2.24, 2.45) is 0 Å². The molecule has 5 nitrogen and oxygen atoms in total. The zero-order valence-electron chi connectivity index (χ0n) is 9.42. The van der Waals surface area contributed by atoms with Gasteiger partial charge in [-0.25, -0.2) is 8.42 Å². The van der Waals surface area contributed by atoms with Gasteiger partial charge in [-0.2, -0.15) is 16.1 Å². The van der Waals surface area contributed by atoms with Crippen LogP contribution in [0.25, 0.3) is 0 Å². The highest BCUT2D eigenvalue weighted by Crippen LogP contribution is 2.26. The molecular formula is C9H17NO4S2. The van der Waals surface area contributed by atoms with E-state index in [4.69, 9.17) is 5.11 Å². The lowest BCUT2D eigenvalue weighted by Crippen LogP contribution is -2.48. The fourth-order valence-corrected chi connectivity index (χ4v) is 4.65. The quantitative estimate of drug-likeness (QED) is 0.808. The molecule has 0 aromatic rings. The highest BCUT2D eigenvalue weighted by atomic mass is 32.2. The molecule has 0 aromatic heterocycles. The molecule has 0 saturated carbocycles. The van der Waals surface area contributed by atoms with Crippen LogP contribution < -0.4 is 0 Å². The second-order valence-corrected chi connectivity index (χ2v) is 7.41. The molecule has 0 spiro atoms. The number of carboxylic acid groups (broad SMARTS) is 1. The molecule has 0 aliphatic carbocycles. The summed E-state index contributed by atoms with van der Waals surface area (Å²) in [5.41, 5.74) is 0. The van der Waals surface area contributed by atoms with E-state index in [1.54, 1.807) is 11.8 Å². The van der Waals surface area contributed by atoms with Gasteiger partial charge >= 0.3 is 5.97 Å². The number of sulfonamides is 1. The van der Waals surface area contributed by atoms with Crippen molar-refractivity contribution in [2.75, 3.05) is 18.1 Å². The fourth-order valence-electron chi connectivity index (χ4n) is 1.63. The molecule has 2 atom stereocenters. The van der Waals surface area contributed by atoms with E-state index in [2.05, 4.69) is 0 Å². The molecule has 1 N–H and O–H groups in total. The lowest BCUT2D eigenvalue weighted by Gasteiger charge is -2.36. The Bertz CT molecular complexity index is 355. The van der Waals surface area contributed by atoms with Gasteiger partial charge in [0.15, 0.2) is 0 Å². The summed E-state index contributed by atoms with van der Waals surface area (Å²) >= 11 is 1.75. The van der Waals surface area contributed by atoms with E-state index in [1.807, 2.05) is 13.8 Å². The summed E-state index contributed by atoms with van der Waals surface area (Å²) in [6.45, 7) is 4.35. The zero-order chi connectivity index (χ0) is 12.3. The Kier molecular flexibility index (Phi) is 4.63. The molecule has 2 unspecified atom stereocenters. The highest BCUT2D eigenvalue weighted by molar-refractivity contribution is 8.00. The summed E-state index contributed by atoms with van der Waals surface area (Å²) in [6.07, 6.45) is -0.326. The molecule has 16 heavy (non-hydrogen) atoms. The van der Waals surface area contributed by atoms with Crippen LogP contribution in [0.4, 0.5) is 0 Å². The van der Waals surface area contributed by atoms with Gasteiger partial charge < -0.3 is 5.11 Å². The lowest BCUT2D eigenvalue weighted by atomic mass is 10.2. The van der Waals surface area contributed by atoms with E-state index in [0.29, 0.717) is 6.54 Å². The van der Waals surface area contributed by atoms with Gasteiger partial charge in [-0.3, -0.25) is 4.79 Å². The molecule has 0 aromatic carbocycles. The Hall–Kier alpha value is -0.270. The first-order valence-corrected chi connectivity index (χ1v) is 7.83. The maximum atomic E-state index is 11.9. The van der Waals surface area contributed by atoms with Crippen LogP contribution in [0.1, 0.15) is 20.3 Å². The summed E-state index contributed by atoms with van der Waals surface area (Å²) in [5, 5.41) is 8.76. The second-order valence-electron chi connectivity index (χ2n) is 3.89. The Morgan fingerprint density at radius 2 is 2.12 bits per heavy atom. The summed E-state index contributed by atoms with van der Waals surface area (Å²) in [5.74, 6) is -0.599. The van der Waals surface area contributed by atoms with Crippen molar-refractivity contribution in [3.63, 3.8) is 0 Å². The number of nitrogens with zero attached hydrogens (tertiary/aromatic N) is 1. The number of thioether (sulfide) groups is 1. The Labute approximate surface area is 100 Å². The van der Waals surface area contributed by atoms with Crippen LogP contribution in [0.2, 0.25) is 0 Å². The van der Waals surface area contributed by atoms with Gasteiger partial charge in [0.1, 0.15) is 0 Å². The van der Waals surface area contributed by atoms with Crippen LogP contribution in [0, 0.1) is 0 Å². The average Bonchev–Trinajstić information content (AvgIpc) is 2.19. The normalized spacial score (nSPS) is 27.9. The Morgan fingerprint density at radius 3 is 2.69 bits per heavy atom. The molecule has 0 amide bonds. The number of hydrogen-bond acceptors (Lipinski definition) is 4. The van der Waals surface area contributed by atoms with E-state index >= 15 is 0 Å². The third kappa shape index (κ3) is 3.36. The minimum atomic E-state index is -3.42. The predicted octanol–water partition coefficient (Wildman–Crippen LogP) is 0.617.